The molecule has 346 valence electrons. The largest absolute Gasteiger partial charge is 0.472 e. The van der Waals surface area contributed by atoms with Crippen molar-refractivity contribution in [3.05, 3.63) is 85.1 Å². The fraction of sp³-hybridized carbons (Fsp3) is 0.706. The van der Waals surface area contributed by atoms with Crippen LogP contribution in [0, 0.1) is 0 Å². The number of carbonyl (C=O) groups is 1. The molecule has 9 heteroatoms. The summed E-state index contributed by atoms with van der Waals surface area (Å²) in [5.74, 6) is -0.350. The zero-order chi connectivity index (χ0) is 43.7. The second kappa shape index (κ2) is 47.7. The van der Waals surface area contributed by atoms with E-state index >= 15 is 0 Å². The van der Waals surface area contributed by atoms with Crippen molar-refractivity contribution in [3.63, 3.8) is 0 Å². The van der Waals surface area contributed by atoms with Gasteiger partial charge >= 0.3 is 13.8 Å². The number of unbranched alkanes of at least 4 members (excludes halogenated alkanes) is 18. The van der Waals surface area contributed by atoms with E-state index in [1.165, 1.54) is 77.0 Å². The summed E-state index contributed by atoms with van der Waals surface area (Å²) in [5, 5.41) is 0. The van der Waals surface area contributed by atoms with E-state index in [4.69, 9.17) is 24.3 Å². The molecule has 0 aliphatic rings. The maximum absolute atomic E-state index is 12.6. The van der Waals surface area contributed by atoms with Gasteiger partial charge in [-0.3, -0.25) is 13.8 Å². The SMILES string of the molecule is CC/C=C\C/C=C\C/C=C\C/C=C\CCCCCCCCC(=O)OC(COCCCCCCCCC/C=C\C/C=C\C/C=C\CCCCCCC)COP(=O)(O)OCCN. The van der Waals surface area contributed by atoms with Crippen LogP contribution in [0.4, 0.5) is 0 Å². The van der Waals surface area contributed by atoms with E-state index in [0.29, 0.717) is 13.0 Å². The first kappa shape index (κ1) is 57.7. The van der Waals surface area contributed by atoms with Gasteiger partial charge in [-0.2, -0.15) is 0 Å². The highest BCUT2D eigenvalue weighted by Gasteiger charge is 2.25. The molecular formula is C51H90NO7P. The monoisotopic (exact) mass is 860 g/mol. The van der Waals surface area contributed by atoms with Crippen molar-refractivity contribution in [2.24, 2.45) is 5.73 Å². The number of hydrogen-bond acceptors (Lipinski definition) is 7. The molecular weight excluding hydrogens is 770 g/mol. The van der Waals surface area contributed by atoms with Crippen molar-refractivity contribution in [2.75, 3.05) is 33.0 Å². The number of nitrogens with two attached hydrogens (primary N) is 1. The lowest BCUT2D eigenvalue weighted by Gasteiger charge is -2.20. The Morgan fingerprint density at radius 3 is 1.40 bits per heavy atom. The summed E-state index contributed by atoms with van der Waals surface area (Å²) in [6.45, 7) is 4.74. The smallest absolute Gasteiger partial charge is 0.457 e. The summed E-state index contributed by atoms with van der Waals surface area (Å²) >= 11 is 0. The molecule has 2 atom stereocenters. The first-order valence-electron chi connectivity index (χ1n) is 24.1. The van der Waals surface area contributed by atoms with E-state index in [1.807, 2.05) is 0 Å². The van der Waals surface area contributed by atoms with Gasteiger partial charge in [-0.05, 0) is 89.9 Å². The topological polar surface area (TPSA) is 117 Å². The molecule has 0 saturated carbocycles. The summed E-state index contributed by atoms with van der Waals surface area (Å²) in [5.41, 5.74) is 5.38. The summed E-state index contributed by atoms with van der Waals surface area (Å²) in [4.78, 5) is 22.6. The van der Waals surface area contributed by atoms with Crippen LogP contribution >= 0.6 is 7.82 Å². The van der Waals surface area contributed by atoms with E-state index in [9.17, 15) is 14.3 Å². The highest BCUT2D eigenvalue weighted by atomic mass is 31.2. The van der Waals surface area contributed by atoms with Gasteiger partial charge in [0.05, 0.1) is 19.8 Å². The van der Waals surface area contributed by atoms with Crippen molar-refractivity contribution >= 4 is 13.8 Å². The van der Waals surface area contributed by atoms with Crippen LogP contribution < -0.4 is 5.73 Å². The van der Waals surface area contributed by atoms with Crippen molar-refractivity contribution in [1.82, 2.24) is 0 Å². The van der Waals surface area contributed by atoms with Crippen LogP contribution in [0.2, 0.25) is 0 Å². The summed E-state index contributed by atoms with van der Waals surface area (Å²) in [6.07, 6.45) is 61.8. The third kappa shape index (κ3) is 46.7. The lowest BCUT2D eigenvalue weighted by atomic mass is 10.1. The Bertz CT molecular complexity index is 1190. The van der Waals surface area contributed by atoms with Crippen molar-refractivity contribution in [3.8, 4) is 0 Å². The van der Waals surface area contributed by atoms with Gasteiger partial charge in [0.2, 0.25) is 0 Å². The van der Waals surface area contributed by atoms with Crippen molar-refractivity contribution in [2.45, 2.75) is 200 Å². The number of esters is 1. The number of hydrogen-bond donors (Lipinski definition) is 2. The molecule has 60 heavy (non-hydrogen) atoms. The Labute approximate surface area is 368 Å². The minimum absolute atomic E-state index is 0.0913. The Morgan fingerprint density at radius 2 is 0.933 bits per heavy atom. The summed E-state index contributed by atoms with van der Waals surface area (Å²) in [7, 11) is -4.29. The molecule has 0 aromatic heterocycles. The predicted molar refractivity (Wildman–Crippen MR) is 256 cm³/mol. The molecule has 0 aliphatic carbocycles. The number of ether oxygens (including phenoxy) is 2. The molecule has 8 nitrogen and oxygen atoms in total. The van der Waals surface area contributed by atoms with Gasteiger partial charge in [0.15, 0.2) is 0 Å². The average Bonchev–Trinajstić information content (AvgIpc) is 3.24. The molecule has 2 unspecified atom stereocenters. The Balaban J connectivity index is 4.05. The highest BCUT2D eigenvalue weighted by Crippen LogP contribution is 2.43. The molecule has 0 aromatic rings. The van der Waals surface area contributed by atoms with Crippen molar-refractivity contribution < 1.29 is 32.8 Å². The van der Waals surface area contributed by atoms with Gasteiger partial charge in [0.25, 0.3) is 0 Å². The van der Waals surface area contributed by atoms with E-state index in [0.717, 1.165) is 96.3 Å². The maximum Gasteiger partial charge on any atom is 0.472 e. The van der Waals surface area contributed by atoms with Gasteiger partial charge in [0.1, 0.15) is 6.10 Å². The number of allylic oxidation sites excluding steroid dienone is 14. The van der Waals surface area contributed by atoms with Crippen LogP contribution in [-0.4, -0.2) is 49.9 Å². The minimum atomic E-state index is -4.29. The number of phosphoric acid groups is 1. The second-order valence-electron chi connectivity index (χ2n) is 15.6. The molecule has 0 aromatic carbocycles. The molecule has 3 N–H and O–H groups in total. The van der Waals surface area contributed by atoms with Crippen molar-refractivity contribution in [1.29, 1.82) is 0 Å². The molecule has 0 heterocycles. The normalized spacial score (nSPS) is 14.1. The highest BCUT2D eigenvalue weighted by molar-refractivity contribution is 7.47. The van der Waals surface area contributed by atoms with Crippen LogP contribution in [0.15, 0.2) is 85.1 Å². The van der Waals surface area contributed by atoms with Gasteiger partial charge in [-0.1, -0.05) is 182 Å². The molecule has 0 saturated heterocycles. The number of rotatable bonds is 45. The molecule has 0 radical (unpaired) electrons. The molecule has 0 bridgehead atoms. The Morgan fingerprint density at radius 1 is 0.517 bits per heavy atom. The Hall–Kier alpha value is -2.32. The van der Waals surface area contributed by atoms with Gasteiger partial charge in [-0.25, -0.2) is 4.57 Å². The van der Waals surface area contributed by atoms with Crippen LogP contribution in [0.25, 0.3) is 0 Å². The predicted octanol–water partition coefficient (Wildman–Crippen LogP) is 14.9. The first-order valence-corrected chi connectivity index (χ1v) is 25.6. The zero-order valence-corrected chi connectivity index (χ0v) is 39.3. The zero-order valence-electron chi connectivity index (χ0n) is 38.4. The van der Waals surface area contributed by atoms with Gasteiger partial charge in [0, 0.05) is 19.6 Å². The minimum Gasteiger partial charge on any atom is -0.457 e. The van der Waals surface area contributed by atoms with Crippen LogP contribution in [-0.2, 0) is 27.9 Å². The third-order valence-electron chi connectivity index (χ3n) is 9.80. The molecule has 0 fully saturated rings. The molecule has 0 spiro atoms. The van der Waals surface area contributed by atoms with Gasteiger partial charge in [-0.15, -0.1) is 0 Å². The Kier molecular flexibility index (Phi) is 45.9. The molecule has 0 aliphatic heterocycles. The second-order valence-corrected chi connectivity index (χ2v) is 17.0. The quantitative estimate of drug-likeness (QED) is 0.0269. The first-order chi connectivity index (χ1) is 29.4. The number of carbonyl (C=O) groups excluding carboxylic acids is 1. The standard InChI is InChI=1S/C51H90NO7P/c1-3-5-7-9-11-13-15-17-19-21-23-24-25-27-29-31-33-35-37-39-41-43-46-56-48-50(49-58-60(54,55)57-47-45-52)59-51(53)44-42-40-38-36-34-32-30-28-26-22-20-18-16-14-12-10-8-6-4-2/h6,8,12,14-15,17-18,20-21,23,25-28,50H,3-5,7,9-11,13,16,19,22,24,29-49,52H2,1-2H3,(H,54,55)/b8-6-,14-12-,17-15-,20-18-,23-21-,27-25-,28-26-. The van der Waals surface area contributed by atoms with E-state index < -0.39 is 13.9 Å². The molecule has 0 rings (SSSR count). The third-order valence-corrected chi connectivity index (χ3v) is 10.8. The van der Waals surface area contributed by atoms with Crippen LogP contribution in [0.1, 0.15) is 194 Å². The van der Waals surface area contributed by atoms with E-state index in [2.05, 4.69) is 98.9 Å². The molecule has 0 amide bonds. The van der Waals surface area contributed by atoms with E-state index in [-0.39, 0.29) is 32.3 Å². The average molecular weight is 860 g/mol. The number of phosphoric ester groups is 1. The van der Waals surface area contributed by atoms with E-state index in [1.54, 1.807) is 0 Å². The van der Waals surface area contributed by atoms with Crippen LogP contribution in [0.3, 0.4) is 0 Å². The fourth-order valence-corrected chi connectivity index (χ4v) is 7.05. The fourth-order valence-electron chi connectivity index (χ4n) is 6.29. The maximum atomic E-state index is 12.6. The van der Waals surface area contributed by atoms with Gasteiger partial charge < -0.3 is 20.1 Å². The lowest BCUT2D eigenvalue weighted by molar-refractivity contribution is -0.154. The summed E-state index contributed by atoms with van der Waals surface area (Å²) < 4.78 is 33.5. The summed E-state index contributed by atoms with van der Waals surface area (Å²) in [6, 6.07) is 0. The van der Waals surface area contributed by atoms with Crippen LogP contribution in [0.5, 0.6) is 0 Å². The lowest BCUT2D eigenvalue weighted by Crippen LogP contribution is -2.28.